The third kappa shape index (κ3) is 3.00. The van der Waals surface area contributed by atoms with Crippen LogP contribution in [-0.2, 0) is 7.05 Å². The van der Waals surface area contributed by atoms with Crippen LogP contribution in [0.3, 0.4) is 0 Å². The van der Waals surface area contributed by atoms with E-state index in [0.29, 0.717) is 33.7 Å². The van der Waals surface area contributed by atoms with E-state index in [1.165, 1.54) is 4.57 Å². The summed E-state index contributed by atoms with van der Waals surface area (Å²) in [6.45, 7) is 2.00. The van der Waals surface area contributed by atoms with Crippen molar-refractivity contribution in [1.82, 2.24) is 14.1 Å². The first-order valence-electron chi connectivity index (χ1n) is 10.3. The molecule has 5 rings (SSSR count). The SMILES string of the molecule is COc1ccccc1-n1c(-c2cc(=O)n(C)c3ccc(C)cc23)nc2ccccc2c1=O. The fraction of sp³-hybridized carbons (Fsp3) is 0.115. The Balaban J connectivity index is 2.01. The van der Waals surface area contributed by atoms with Gasteiger partial charge >= 0.3 is 0 Å². The number of benzene rings is 3. The number of methoxy groups -OCH3 is 1. The summed E-state index contributed by atoms with van der Waals surface area (Å²) >= 11 is 0. The molecule has 0 amide bonds. The molecule has 0 atom stereocenters. The van der Waals surface area contributed by atoms with Gasteiger partial charge in [0.15, 0.2) is 0 Å². The van der Waals surface area contributed by atoms with E-state index in [1.807, 2.05) is 55.5 Å². The van der Waals surface area contributed by atoms with Gasteiger partial charge in [0.25, 0.3) is 11.1 Å². The molecule has 3 aromatic carbocycles. The number of fused-ring (bicyclic) bond motifs is 2. The molecule has 6 heteroatoms. The predicted octanol–water partition coefficient (Wildman–Crippen LogP) is 4.22. The van der Waals surface area contributed by atoms with Crippen LogP contribution in [0.15, 0.2) is 82.4 Å². The monoisotopic (exact) mass is 423 g/mol. The summed E-state index contributed by atoms with van der Waals surface area (Å²) in [4.78, 5) is 31.5. The van der Waals surface area contributed by atoms with Gasteiger partial charge in [-0.05, 0) is 43.3 Å². The maximum Gasteiger partial charge on any atom is 0.266 e. The van der Waals surface area contributed by atoms with Crippen LogP contribution in [0.4, 0.5) is 0 Å². The summed E-state index contributed by atoms with van der Waals surface area (Å²) in [6, 6.07) is 22.0. The molecule has 0 aliphatic carbocycles. The topological polar surface area (TPSA) is 66.1 Å². The molecule has 0 bridgehead atoms. The lowest BCUT2D eigenvalue weighted by Gasteiger charge is -2.18. The molecule has 0 fully saturated rings. The zero-order valence-electron chi connectivity index (χ0n) is 18.0. The number of rotatable bonds is 3. The van der Waals surface area contributed by atoms with Crippen molar-refractivity contribution < 1.29 is 4.74 Å². The van der Waals surface area contributed by atoms with E-state index < -0.39 is 0 Å². The zero-order valence-corrected chi connectivity index (χ0v) is 18.0. The molecule has 0 aliphatic heterocycles. The van der Waals surface area contributed by atoms with E-state index >= 15 is 0 Å². The van der Waals surface area contributed by atoms with E-state index in [1.54, 1.807) is 43.0 Å². The van der Waals surface area contributed by atoms with Gasteiger partial charge in [-0.25, -0.2) is 4.98 Å². The van der Waals surface area contributed by atoms with E-state index in [9.17, 15) is 9.59 Å². The van der Waals surface area contributed by atoms with Gasteiger partial charge in [-0.2, -0.15) is 0 Å². The van der Waals surface area contributed by atoms with Crippen LogP contribution in [-0.4, -0.2) is 21.2 Å². The molecule has 0 unspecified atom stereocenters. The Kier molecular flexibility index (Phi) is 4.63. The molecule has 0 radical (unpaired) electrons. The van der Waals surface area contributed by atoms with Gasteiger partial charge in [0.2, 0.25) is 0 Å². The molecule has 158 valence electrons. The first-order chi connectivity index (χ1) is 15.5. The lowest BCUT2D eigenvalue weighted by atomic mass is 10.0. The molecule has 0 saturated heterocycles. The van der Waals surface area contributed by atoms with Crippen molar-refractivity contribution in [3.05, 3.63) is 99.1 Å². The van der Waals surface area contributed by atoms with Gasteiger partial charge < -0.3 is 9.30 Å². The van der Waals surface area contributed by atoms with Crippen molar-refractivity contribution in [2.24, 2.45) is 7.05 Å². The quantitative estimate of drug-likeness (QED) is 0.436. The predicted molar refractivity (Wildman–Crippen MR) is 127 cm³/mol. The highest BCUT2D eigenvalue weighted by Crippen LogP contribution is 2.31. The Bertz CT molecular complexity index is 1630. The summed E-state index contributed by atoms with van der Waals surface area (Å²) in [5, 5.41) is 1.34. The molecular weight excluding hydrogens is 402 g/mol. The third-order valence-corrected chi connectivity index (χ3v) is 5.74. The fourth-order valence-electron chi connectivity index (χ4n) is 4.11. The molecular formula is C26H21N3O3. The molecule has 2 heterocycles. The van der Waals surface area contributed by atoms with Gasteiger partial charge in [-0.1, -0.05) is 35.9 Å². The second kappa shape index (κ2) is 7.50. The van der Waals surface area contributed by atoms with Crippen LogP contribution in [0.2, 0.25) is 0 Å². The van der Waals surface area contributed by atoms with Crippen molar-refractivity contribution in [3.8, 4) is 22.8 Å². The second-order valence-electron chi connectivity index (χ2n) is 7.74. The van der Waals surface area contributed by atoms with Crippen LogP contribution in [0, 0.1) is 6.92 Å². The maximum atomic E-state index is 13.7. The Morgan fingerprint density at radius 2 is 1.62 bits per heavy atom. The normalized spacial score (nSPS) is 11.2. The summed E-state index contributed by atoms with van der Waals surface area (Å²) < 4.78 is 8.70. The van der Waals surface area contributed by atoms with Crippen molar-refractivity contribution in [1.29, 1.82) is 0 Å². The average Bonchev–Trinajstić information content (AvgIpc) is 2.81. The van der Waals surface area contributed by atoms with Crippen LogP contribution in [0.1, 0.15) is 5.56 Å². The van der Waals surface area contributed by atoms with Crippen molar-refractivity contribution in [2.75, 3.05) is 7.11 Å². The average molecular weight is 423 g/mol. The molecule has 5 aromatic rings. The molecule has 32 heavy (non-hydrogen) atoms. The second-order valence-corrected chi connectivity index (χ2v) is 7.74. The standard InChI is InChI=1S/C26H21N3O3/c1-16-12-13-21-18(14-16)19(15-24(30)28(21)2)25-27-20-9-5-4-8-17(20)26(31)29(25)22-10-6-7-11-23(22)32-3/h4-15H,1-3H3. The lowest BCUT2D eigenvalue weighted by Crippen LogP contribution is -2.24. The largest absolute Gasteiger partial charge is 0.495 e. The first-order valence-corrected chi connectivity index (χ1v) is 10.3. The first kappa shape index (κ1) is 19.8. The number of ether oxygens (including phenoxy) is 1. The fourth-order valence-corrected chi connectivity index (χ4v) is 4.11. The third-order valence-electron chi connectivity index (χ3n) is 5.74. The van der Waals surface area contributed by atoms with Gasteiger partial charge in [0, 0.05) is 24.1 Å². The van der Waals surface area contributed by atoms with Crippen molar-refractivity contribution in [3.63, 3.8) is 0 Å². The van der Waals surface area contributed by atoms with Gasteiger partial charge in [-0.15, -0.1) is 0 Å². The van der Waals surface area contributed by atoms with Gasteiger partial charge in [0.05, 0.1) is 29.2 Å². The Morgan fingerprint density at radius 1 is 0.875 bits per heavy atom. The molecule has 2 aromatic heterocycles. The molecule has 0 aliphatic rings. The number of nitrogens with zero attached hydrogens (tertiary/aromatic N) is 3. The molecule has 0 spiro atoms. The number of aryl methyl sites for hydroxylation is 2. The number of para-hydroxylation sites is 3. The summed E-state index contributed by atoms with van der Waals surface area (Å²) in [5.74, 6) is 0.934. The number of hydrogen-bond donors (Lipinski definition) is 0. The van der Waals surface area contributed by atoms with Crippen LogP contribution < -0.4 is 15.9 Å². The highest BCUT2D eigenvalue weighted by molar-refractivity contribution is 5.95. The van der Waals surface area contributed by atoms with E-state index in [-0.39, 0.29) is 11.1 Å². The van der Waals surface area contributed by atoms with E-state index in [4.69, 9.17) is 9.72 Å². The minimum Gasteiger partial charge on any atom is -0.495 e. The molecule has 0 N–H and O–H groups in total. The number of hydrogen-bond acceptors (Lipinski definition) is 4. The number of aromatic nitrogens is 3. The van der Waals surface area contributed by atoms with E-state index in [2.05, 4.69) is 0 Å². The van der Waals surface area contributed by atoms with E-state index in [0.717, 1.165) is 16.5 Å². The van der Waals surface area contributed by atoms with Crippen LogP contribution in [0.5, 0.6) is 5.75 Å². The number of pyridine rings is 1. The van der Waals surface area contributed by atoms with Crippen molar-refractivity contribution in [2.45, 2.75) is 6.92 Å². The minimum absolute atomic E-state index is 0.176. The van der Waals surface area contributed by atoms with Gasteiger partial charge in [-0.3, -0.25) is 14.2 Å². The Hall–Kier alpha value is -4.19. The summed E-state index contributed by atoms with van der Waals surface area (Å²) in [7, 11) is 3.31. The van der Waals surface area contributed by atoms with Crippen LogP contribution >= 0.6 is 0 Å². The van der Waals surface area contributed by atoms with Crippen LogP contribution in [0.25, 0.3) is 38.9 Å². The summed E-state index contributed by atoms with van der Waals surface area (Å²) in [6.07, 6.45) is 0. The summed E-state index contributed by atoms with van der Waals surface area (Å²) in [5.41, 5.74) is 3.15. The Morgan fingerprint density at radius 3 is 2.44 bits per heavy atom. The highest BCUT2D eigenvalue weighted by atomic mass is 16.5. The highest BCUT2D eigenvalue weighted by Gasteiger charge is 2.20. The minimum atomic E-state index is -0.225. The molecule has 6 nitrogen and oxygen atoms in total. The van der Waals surface area contributed by atoms with Gasteiger partial charge in [0.1, 0.15) is 11.6 Å². The maximum absolute atomic E-state index is 13.7. The Labute approximate surface area is 184 Å². The zero-order chi connectivity index (χ0) is 22.4. The smallest absolute Gasteiger partial charge is 0.266 e. The molecule has 0 saturated carbocycles. The lowest BCUT2D eigenvalue weighted by molar-refractivity contribution is 0.412. The van der Waals surface area contributed by atoms with Crippen molar-refractivity contribution >= 4 is 21.8 Å².